The molecule has 0 aromatic heterocycles. The number of nitro benzene ring substituents is 1. The summed E-state index contributed by atoms with van der Waals surface area (Å²) in [7, 11) is -3.43. The quantitative estimate of drug-likeness (QED) is 0.597. The summed E-state index contributed by atoms with van der Waals surface area (Å²) in [6.07, 6.45) is 1.07. The normalized spacial score (nSPS) is 14.5. The van der Waals surface area contributed by atoms with Crippen LogP contribution in [-0.4, -0.2) is 51.8 Å². The van der Waals surface area contributed by atoms with Crippen molar-refractivity contribution in [2.24, 2.45) is 0 Å². The Bertz CT molecular complexity index is 1020. The number of nitro groups is 1. The molecule has 1 aliphatic heterocycles. The first-order valence-electron chi connectivity index (χ1n) is 8.48. The summed E-state index contributed by atoms with van der Waals surface area (Å²) in [5.41, 5.74) is 0.783. The number of ether oxygens (including phenoxy) is 1. The molecule has 0 atom stereocenters. The maximum Gasteiger partial charge on any atom is 0.270 e. The van der Waals surface area contributed by atoms with Crippen LogP contribution < -0.4 is 10.2 Å². The number of non-ortho nitro benzene ring substituents is 1. The molecule has 1 aliphatic rings. The lowest BCUT2D eigenvalue weighted by atomic mass is 10.1. The smallest absolute Gasteiger partial charge is 0.270 e. The van der Waals surface area contributed by atoms with Gasteiger partial charge in [0, 0.05) is 37.2 Å². The second-order valence-corrected chi connectivity index (χ2v) is 8.33. The third kappa shape index (κ3) is 4.46. The van der Waals surface area contributed by atoms with Gasteiger partial charge in [-0.2, -0.15) is 0 Å². The molecule has 2 aromatic rings. The number of sulfone groups is 1. The zero-order valence-corrected chi connectivity index (χ0v) is 15.9. The number of morpholine rings is 1. The topological polar surface area (TPSA) is 119 Å². The number of anilines is 2. The Morgan fingerprint density at radius 1 is 1.18 bits per heavy atom. The SMILES string of the molecule is CS(=O)(=O)c1cccc(NC(=O)c2cc([N+](=O)[O-])ccc2N2CCOCC2)c1. The second-order valence-electron chi connectivity index (χ2n) is 6.31. The minimum absolute atomic E-state index is 0.0674. The number of carbonyl (C=O) groups excluding carboxylic acids is 1. The third-order valence-electron chi connectivity index (χ3n) is 4.31. The van der Waals surface area contributed by atoms with Gasteiger partial charge in [-0.15, -0.1) is 0 Å². The lowest BCUT2D eigenvalue weighted by Crippen LogP contribution is -2.37. The van der Waals surface area contributed by atoms with E-state index in [1.54, 1.807) is 12.1 Å². The number of carbonyl (C=O) groups is 1. The molecule has 148 valence electrons. The molecular formula is C18H19N3O6S. The van der Waals surface area contributed by atoms with Gasteiger partial charge in [0.2, 0.25) is 0 Å². The third-order valence-corrected chi connectivity index (χ3v) is 5.42. The average molecular weight is 405 g/mol. The minimum Gasteiger partial charge on any atom is -0.378 e. The Kier molecular flexibility index (Phi) is 5.61. The van der Waals surface area contributed by atoms with Gasteiger partial charge in [-0.25, -0.2) is 8.42 Å². The van der Waals surface area contributed by atoms with E-state index in [0.29, 0.717) is 32.0 Å². The Morgan fingerprint density at radius 3 is 2.54 bits per heavy atom. The average Bonchev–Trinajstić information content (AvgIpc) is 2.67. The first-order chi connectivity index (χ1) is 13.3. The van der Waals surface area contributed by atoms with Crippen LogP contribution in [0.5, 0.6) is 0 Å². The van der Waals surface area contributed by atoms with Crippen LogP contribution in [0.25, 0.3) is 0 Å². The molecule has 0 bridgehead atoms. The Hall–Kier alpha value is -2.98. The molecule has 3 rings (SSSR count). The Balaban J connectivity index is 1.95. The number of hydrogen-bond acceptors (Lipinski definition) is 7. The molecule has 0 spiro atoms. The molecule has 1 heterocycles. The highest BCUT2D eigenvalue weighted by molar-refractivity contribution is 7.90. The van der Waals surface area contributed by atoms with Crippen molar-refractivity contribution in [3.63, 3.8) is 0 Å². The lowest BCUT2D eigenvalue weighted by Gasteiger charge is -2.30. The van der Waals surface area contributed by atoms with Crippen LogP contribution in [0.1, 0.15) is 10.4 Å². The van der Waals surface area contributed by atoms with Crippen LogP contribution in [0, 0.1) is 10.1 Å². The molecule has 1 N–H and O–H groups in total. The van der Waals surface area contributed by atoms with Crippen LogP contribution >= 0.6 is 0 Å². The maximum atomic E-state index is 12.9. The summed E-state index contributed by atoms with van der Waals surface area (Å²) < 4.78 is 28.7. The largest absolute Gasteiger partial charge is 0.378 e. The molecule has 0 aliphatic carbocycles. The van der Waals surface area contributed by atoms with Gasteiger partial charge in [-0.05, 0) is 24.3 Å². The summed E-state index contributed by atoms with van der Waals surface area (Å²) in [4.78, 5) is 25.5. The number of benzene rings is 2. The van der Waals surface area contributed by atoms with E-state index in [0.717, 1.165) is 6.26 Å². The summed E-state index contributed by atoms with van der Waals surface area (Å²) in [6.45, 7) is 2.10. The van der Waals surface area contributed by atoms with Gasteiger partial charge >= 0.3 is 0 Å². The van der Waals surface area contributed by atoms with E-state index in [1.165, 1.54) is 30.3 Å². The van der Waals surface area contributed by atoms with Crippen molar-refractivity contribution in [2.45, 2.75) is 4.90 Å². The molecule has 10 heteroatoms. The fourth-order valence-corrected chi connectivity index (χ4v) is 3.57. The number of nitrogens with zero attached hydrogens (tertiary/aromatic N) is 2. The number of amides is 1. The van der Waals surface area contributed by atoms with Gasteiger partial charge in [0.25, 0.3) is 11.6 Å². The van der Waals surface area contributed by atoms with Crippen LogP contribution in [0.15, 0.2) is 47.4 Å². The molecule has 0 unspecified atom stereocenters. The fourth-order valence-electron chi connectivity index (χ4n) is 2.90. The number of hydrogen-bond donors (Lipinski definition) is 1. The highest BCUT2D eigenvalue weighted by atomic mass is 32.2. The van der Waals surface area contributed by atoms with Crippen LogP contribution in [0.2, 0.25) is 0 Å². The number of rotatable bonds is 5. The molecule has 2 aromatic carbocycles. The van der Waals surface area contributed by atoms with Crippen molar-refractivity contribution in [2.75, 3.05) is 42.8 Å². The van der Waals surface area contributed by atoms with E-state index in [-0.39, 0.29) is 21.8 Å². The van der Waals surface area contributed by atoms with Gasteiger partial charge in [-0.1, -0.05) is 6.07 Å². The first kappa shape index (κ1) is 19.8. The van der Waals surface area contributed by atoms with Gasteiger partial charge in [0.05, 0.1) is 34.3 Å². The zero-order valence-electron chi connectivity index (χ0n) is 15.1. The standard InChI is InChI=1S/C18H19N3O6S/c1-28(25,26)15-4-2-3-13(11-15)19-18(22)16-12-14(21(23)24)5-6-17(16)20-7-9-27-10-8-20/h2-6,11-12H,7-10H2,1H3,(H,19,22). The molecule has 0 radical (unpaired) electrons. The zero-order chi connectivity index (χ0) is 20.3. The minimum atomic E-state index is -3.43. The predicted molar refractivity (Wildman–Crippen MR) is 104 cm³/mol. The molecule has 9 nitrogen and oxygen atoms in total. The van der Waals surface area contributed by atoms with Crippen molar-refractivity contribution >= 4 is 32.8 Å². The van der Waals surface area contributed by atoms with Crippen molar-refractivity contribution in [3.8, 4) is 0 Å². The van der Waals surface area contributed by atoms with Crippen LogP contribution in [0.4, 0.5) is 17.1 Å². The van der Waals surface area contributed by atoms with E-state index in [2.05, 4.69) is 5.32 Å². The molecular weight excluding hydrogens is 386 g/mol. The van der Waals surface area contributed by atoms with Gasteiger partial charge in [0.15, 0.2) is 9.84 Å². The van der Waals surface area contributed by atoms with E-state index in [1.807, 2.05) is 4.90 Å². The number of nitrogens with one attached hydrogen (secondary N) is 1. The van der Waals surface area contributed by atoms with Crippen LogP contribution in [-0.2, 0) is 14.6 Å². The van der Waals surface area contributed by atoms with Gasteiger partial charge in [0.1, 0.15) is 0 Å². The fraction of sp³-hybridized carbons (Fsp3) is 0.278. The predicted octanol–water partition coefficient (Wildman–Crippen LogP) is 2.09. The van der Waals surface area contributed by atoms with E-state index in [9.17, 15) is 23.3 Å². The first-order valence-corrected chi connectivity index (χ1v) is 10.4. The van der Waals surface area contributed by atoms with Crippen molar-refractivity contribution in [1.29, 1.82) is 0 Å². The van der Waals surface area contributed by atoms with Crippen molar-refractivity contribution < 1.29 is 22.9 Å². The lowest BCUT2D eigenvalue weighted by molar-refractivity contribution is -0.384. The summed E-state index contributed by atoms with van der Waals surface area (Å²) in [6, 6.07) is 9.97. The summed E-state index contributed by atoms with van der Waals surface area (Å²) in [5, 5.41) is 13.8. The highest BCUT2D eigenvalue weighted by Crippen LogP contribution is 2.27. The van der Waals surface area contributed by atoms with Crippen LogP contribution in [0.3, 0.4) is 0 Å². The van der Waals surface area contributed by atoms with Crippen molar-refractivity contribution in [3.05, 3.63) is 58.1 Å². The van der Waals surface area contributed by atoms with E-state index in [4.69, 9.17) is 4.74 Å². The van der Waals surface area contributed by atoms with Gasteiger partial charge in [-0.3, -0.25) is 14.9 Å². The monoisotopic (exact) mass is 405 g/mol. The van der Waals surface area contributed by atoms with E-state index >= 15 is 0 Å². The highest BCUT2D eigenvalue weighted by Gasteiger charge is 2.22. The summed E-state index contributed by atoms with van der Waals surface area (Å²) in [5.74, 6) is -0.559. The van der Waals surface area contributed by atoms with Gasteiger partial charge < -0.3 is 15.0 Å². The van der Waals surface area contributed by atoms with E-state index < -0.39 is 20.7 Å². The second kappa shape index (κ2) is 7.95. The molecule has 0 saturated carbocycles. The molecule has 1 fully saturated rings. The Morgan fingerprint density at radius 2 is 1.89 bits per heavy atom. The maximum absolute atomic E-state index is 12.9. The summed E-state index contributed by atoms with van der Waals surface area (Å²) >= 11 is 0. The molecule has 1 amide bonds. The Labute approximate surface area is 162 Å². The van der Waals surface area contributed by atoms with Crippen molar-refractivity contribution in [1.82, 2.24) is 0 Å². The molecule has 1 saturated heterocycles. The molecule has 28 heavy (non-hydrogen) atoms.